The minimum absolute atomic E-state index is 0.0200. The molecule has 0 radical (unpaired) electrons. The first-order chi connectivity index (χ1) is 48.8. The van der Waals surface area contributed by atoms with Crippen molar-refractivity contribution >= 4 is 33.7 Å². The zero-order chi connectivity index (χ0) is 73.6. The normalized spacial score (nSPS) is 25.9. The number of phenols is 2. The molecule has 4 fully saturated rings. The van der Waals surface area contributed by atoms with Gasteiger partial charge in [-0.2, -0.15) is 0 Å². The van der Waals surface area contributed by atoms with Gasteiger partial charge >= 0.3 is 10.4 Å². The Bertz CT molecular complexity index is 3840. The minimum atomic E-state index is -5.06. The molecule has 4 heterocycles. The van der Waals surface area contributed by atoms with Crippen LogP contribution in [0.4, 0.5) is 0 Å². The highest BCUT2D eigenvalue weighted by Crippen LogP contribution is 2.53. The first kappa shape index (κ1) is 78.2. The molecule has 0 bridgehead atoms. The number of amides is 1. The summed E-state index contributed by atoms with van der Waals surface area (Å²) in [6.45, 7) is 6.45. The number of methoxy groups -OCH3 is 2. The first-order valence-electron chi connectivity index (χ1n) is 33.0. The van der Waals surface area contributed by atoms with E-state index in [9.17, 15) is 63.3 Å². The summed E-state index contributed by atoms with van der Waals surface area (Å²) in [6, 6.07) is 13.5. The van der Waals surface area contributed by atoms with Gasteiger partial charge in [-0.1, -0.05) is 29.3 Å². The highest BCUT2D eigenvalue weighted by molar-refractivity contribution is 7.82. The summed E-state index contributed by atoms with van der Waals surface area (Å²) in [5.74, 6) is -5.47. The molecule has 4 aromatic rings. The molecule has 0 saturated carbocycles. The highest BCUT2D eigenvalue weighted by Gasteiger charge is 2.56. The molecule has 10 rings (SSSR count). The fourth-order valence-corrected chi connectivity index (χ4v) is 13.7. The van der Waals surface area contributed by atoms with E-state index >= 15 is 0 Å². The summed E-state index contributed by atoms with van der Waals surface area (Å²) in [5.41, 5.74) is 12.6. The van der Waals surface area contributed by atoms with Gasteiger partial charge in [0, 0.05) is 103 Å². The number of phenolic OH excluding ortho intramolecular Hbond substituents is 2. The van der Waals surface area contributed by atoms with Crippen LogP contribution in [-0.4, -0.2) is 264 Å². The molecule has 13 atom stereocenters. The van der Waals surface area contributed by atoms with Crippen molar-refractivity contribution in [2.45, 2.75) is 132 Å². The molecule has 1 unspecified atom stereocenters. The number of likely N-dealkylation sites (N-methyl/N-ethyl adjacent to an activating group) is 1. The number of fused-ring (bicyclic) bond motifs is 6. The highest BCUT2D eigenvalue weighted by atomic mass is 32.3. The summed E-state index contributed by atoms with van der Waals surface area (Å²) in [5, 5.41) is 87.6. The minimum Gasteiger partial charge on any atom is -0.507 e. The third kappa shape index (κ3) is 18.3. The van der Waals surface area contributed by atoms with Crippen LogP contribution in [0, 0.1) is 0 Å². The number of hydrogen-bond acceptors (Lipinski definition) is 29. The molecule has 4 saturated heterocycles. The Morgan fingerprint density at radius 2 is 1.53 bits per heavy atom. The van der Waals surface area contributed by atoms with Crippen molar-refractivity contribution in [3.05, 3.63) is 126 Å². The Hall–Kier alpha value is -7.91. The number of morpholine rings is 1. The molecule has 2 aliphatic carbocycles. The van der Waals surface area contributed by atoms with Gasteiger partial charge in [-0.15, -0.1) is 8.42 Å². The number of azide groups is 2. The van der Waals surface area contributed by atoms with Gasteiger partial charge < -0.3 is 106 Å². The summed E-state index contributed by atoms with van der Waals surface area (Å²) in [7, 11) is 1.48. The number of carbonyl (C=O) groups excluding carboxylic acids is 4. The Morgan fingerprint density at radius 1 is 0.824 bits per heavy atom. The Balaban J connectivity index is 0.00000234. The molecule has 102 heavy (non-hydrogen) atoms. The fraction of sp³-hybridized carbons (Fsp3) is 0.576. The molecular formula is C66H86N9O26S+. The quantitative estimate of drug-likeness (QED) is 0.00583. The van der Waals surface area contributed by atoms with Crippen LogP contribution in [0.15, 0.2) is 70.9 Å². The number of hydrogen-bond donors (Lipinski definition) is 8. The van der Waals surface area contributed by atoms with Crippen molar-refractivity contribution in [1.29, 1.82) is 0 Å². The van der Waals surface area contributed by atoms with Crippen molar-refractivity contribution in [3.63, 3.8) is 0 Å². The van der Waals surface area contributed by atoms with E-state index in [-0.39, 0.29) is 122 Å². The molecule has 0 aromatic heterocycles. The van der Waals surface area contributed by atoms with E-state index in [2.05, 4.69) is 30.3 Å². The zero-order valence-corrected chi connectivity index (χ0v) is 57.8. The second-order valence-electron chi connectivity index (χ2n) is 25.3. The molecule has 556 valence electrons. The molecule has 8 N–H and O–H groups in total. The van der Waals surface area contributed by atoms with Crippen molar-refractivity contribution in [2.75, 3.05) is 114 Å². The van der Waals surface area contributed by atoms with Crippen LogP contribution in [0.3, 0.4) is 0 Å². The number of ether oxygens (including phenoxy) is 11. The third-order valence-electron chi connectivity index (χ3n) is 17.9. The molecule has 36 heteroatoms. The number of aliphatic hydroxyl groups is 5. The van der Waals surface area contributed by atoms with Crippen molar-refractivity contribution < 1.29 is 128 Å². The molecule has 4 aliphatic heterocycles. The number of aromatic hydroxyl groups is 2. The van der Waals surface area contributed by atoms with Crippen molar-refractivity contribution in [1.82, 2.24) is 10.2 Å². The van der Waals surface area contributed by atoms with Gasteiger partial charge in [0.05, 0.1) is 109 Å². The number of quaternary nitrogens is 1. The summed E-state index contributed by atoms with van der Waals surface area (Å²) in [4.78, 5) is 63.9. The summed E-state index contributed by atoms with van der Waals surface area (Å²) in [6.07, 6.45) is -14.0. The van der Waals surface area contributed by atoms with Crippen LogP contribution < -0.4 is 23.2 Å². The van der Waals surface area contributed by atoms with Crippen LogP contribution in [-0.2, 0) is 70.8 Å². The molecule has 0 spiro atoms. The smallest absolute Gasteiger partial charge is 0.501 e. The molecule has 4 aromatic carbocycles. The van der Waals surface area contributed by atoms with E-state index in [1.165, 1.54) is 50.6 Å². The maximum absolute atomic E-state index is 14.5. The van der Waals surface area contributed by atoms with E-state index in [0.717, 1.165) is 12.1 Å². The SMILES string of the molecule is CCN=[N+]=[N-].COc1cccc2c1C(=O)c1c(O)c3c(c(O)c1C2=O)C[C@@](O)(C(=O)NCC[N+](C)(C)Cc1ccc(OS(=O)(=O)Oc2cc(C(=O)CCCOCCOCCOCCN=[N+]=[N-])ccc2OC2O[C@H](CO)[C@H](O)[C@H](O)[C@H]2O)cc1)C[C@@H]3O[C@H]1C[C@H]2[C@H](O[C@@H]3[C@@H](OC)OCCN32)[C@H](C)O1. The van der Waals surface area contributed by atoms with E-state index in [0.29, 0.717) is 38.4 Å². The first-order valence-corrected chi connectivity index (χ1v) is 34.3. The van der Waals surface area contributed by atoms with Gasteiger partial charge in [0.2, 0.25) is 12.1 Å². The lowest BCUT2D eigenvalue weighted by molar-refractivity contribution is -0.902. The van der Waals surface area contributed by atoms with Gasteiger partial charge in [0.1, 0.15) is 65.7 Å². The summed E-state index contributed by atoms with van der Waals surface area (Å²) >= 11 is 0. The Kier molecular flexibility index (Phi) is 26.9. The second-order valence-corrected chi connectivity index (χ2v) is 26.5. The lowest BCUT2D eigenvalue weighted by atomic mass is 9.72. The molecule has 6 aliphatic rings. The standard InChI is InChI=1S/C64H80N6O26S.C2H5N3/c1-34-59-40(69-19-23-89-62(85-5)60(69)94-59)29-47(90-34)91-45-31-64(81,30-39-49(45)56(77)51-50(53(39)74)52(73)38-8-6-10-43(84-4)48(38)55(51)76)63(80)66-17-20-70(2,3)32-35-11-14-37(15-12-35)95-97(82,83)96-44-28-36(13-16-42(44)92-61-58(79)57(78)54(75)46(33-71)93-61)41(72)9-7-21-86-24-26-88-27-25-87-22-18-67-68-65;1-2-4-5-3/h6,8,10-16,28,34,40,45-47,54,57-62,71,75,78-79,81H,7,9,17-27,29-33H2,1-5H3,(H2-,66,73,74,76,77,80);2H2,1H3/p+1/t34-,40-,45-,46+,47-,54-,57-,58+,59+,60+,61?,62-,64-;/m0./s1. The molecule has 35 nitrogen and oxygen atoms in total. The van der Waals surface area contributed by atoms with Gasteiger partial charge in [0.25, 0.3) is 5.91 Å². The number of Topliss-reactive ketones (excluding diaryl/α,β-unsaturated/α-hetero) is 1. The van der Waals surface area contributed by atoms with E-state index in [1.54, 1.807) is 26.0 Å². The topological polar surface area (TPSA) is 477 Å². The van der Waals surface area contributed by atoms with Crippen LogP contribution in [0.5, 0.6) is 34.5 Å². The van der Waals surface area contributed by atoms with Crippen LogP contribution in [0.2, 0.25) is 0 Å². The van der Waals surface area contributed by atoms with Crippen LogP contribution in [0.1, 0.15) is 105 Å². The fourth-order valence-electron chi connectivity index (χ4n) is 13.0. The van der Waals surface area contributed by atoms with Gasteiger partial charge in [-0.25, -0.2) is 0 Å². The second kappa shape index (κ2) is 35.0. The number of nitrogens with zero attached hydrogens (tertiary/aromatic N) is 8. The third-order valence-corrected chi connectivity index (χ3v) is 18.7. The average molecular weight is 1450 g/mol. The summed E-state index contributed by atoms with van der Waals surface area (Å²) < 4.78 is 102. The number of nitrogens with one attached hydrogen (secondary N) is 1. The van der Waals surface area contributed by atoms with Crippen molar-refractivity contribution in [2.24, 2.45) is 10.2 Å². The number of aliphatic hydroxyl groups excluding tert-OH is 4. The lowest BCUT2D eigenvalue weighted by Gasteiger charge is -2.43. The van der Waals surface area contributed by atoms with Crippen LogP contribution >= 0.6 is 0 Å². The number of benzene rings is 4. The zero-order valence-electron chi connectivity index (χ0n) is 57.0. The number of ketones is 3. The monoisotopic (exact) mass is 1450 g/mol. The van der Waals surface area contributed by atoms with Crippen molar-refractivity contribution in [3.8, 4) is 34.5 Å². The molecular weight excluding hydrogens is 1370 g/mol. The lowest BCUT2D eigenvalue weighted by Crippen LogP contribution is -2.60. The number of carbonyl (C=O) groups is 4. The van der Waals surface area contributed by atoms with E-state index in [1.807, 2.05) is 14.1 Å². The van der Waals surface area contributed by atoms with E-state index in [4.69, 9.17) is 71.5 Å². The largest absolute Gasteiger partial charge is 0.507 e. The maximum Gasteiger partial charge on any atom is 0.501 e. The predicted molar refractivity (Wildman–Crippen MR) is 352 cm³/mol. The van der Waals surface area contributed by atoms with Gasteiger partial charge in [-0.3, -0.25) is 24.1 Å². The van der Waals surface area contributed by atoms with Gasteiger partial charge in [0.15, 0.2) is 41.9 Å². The average Bonchev–Trinajstić information content (AvgIpc) is 0.857. The Morgan fingerprint density at radius 3 is 2.21 bits per heavy atom. The number of rotatable bonds is 32. The molecule has 1 amide bonds. The van der Waals surface area contributed by atoms with Crippen LogP contribution in [0.25, 0.3) is 20.9 Å². The van der Waals surface area contributed by atoms with E-state index < -0.39 is 161 Å². The maximum atomic E-state index is 14.5. The predicted octanol–water partition coefficient (Wildman–Crippen LogP) is 3.06. The van der Waals surface area contributed by atoms with Gasteiger partial charge in [-0.05, 0) is 72.9 Å². The Labute approximate surface area is 586 Å².